The maximum atomic E-state index is 10.3. The largest absolute Gasteiger partial charge is 0.379 e. The number of hydrogen-bond donors (Lipinski definition) is 1. The van der Waals surface area contributed by atoms with Gasteiger partial charge in [-0.05, 0) is 0 Å². The average Bonchev–Trinajstić information content (AvgIpc) is 2.15. The third kappa shape index (κ3) is 4.99. The lowest BCUT2D eigenvalue weighted by atomic mass is 10.4. The molecule has 1 atom stereocenters. The van der Waals surface area contributed by atoms with Crippen LogP contribution in [0.5, 0.6) is 0 Å². The molecule has 0 aromatic rings. The fourth-order valence-corrected chi connectivity index (χ4v) is 1.55. The summed E-state index contributed by atoms with van der Waals surface area (Å²) < 4.78 is 28.4. The second-order valence-electron chi connectivity index (χ2n) is 3.10. The van der Waals surface area contributed by atoms with E-state index in [2.05, 4.69) is 9.18 Å². The summed E-state index contributed by atoms with van der Waals surface area (Å²) in [7, 11) is 1.63. The van der Waals surface area contributed by atoms with Crippen LogP contribution in [0.25, 0.3) is 0 Å². The highest BCUT2D eigenvalue weighted by Gasteiger charge is 2.11. The maximum absolute atomic E-state index is 10.3. The van der Waals surface area contributed by atoms with Gasteiger partial charge in [-0.25, -0.2) is 0 Å². The molecule has 0 radical (unpaired) electrons. The lowest BCUT2D eigenvalue weighted by Crippen LogP contribution is -2.40. The first kappa shape index (κ1) is 12.0. The summed E-state index contributed by atoms with van der Waals surface area (Å²) in [4.78, 5) is 2.23. The number of likely N-dealkylation sites (N-methyl/N-ethyl adjacent to an activating group) is 1. The van der Waals surface area contributed by atoms with Gasteiger partial charge < -0.3 is 4.74 Å². The average molecular weight is 224 g/mol. The van der Waals surface area contributed by atoms with Crippen molar-refractivity contribution in [2.24, 2.45) is 0 Å². The van der Waals surface area contributed by atoms with Crippen LogP contribution in [-0.2, 0) is 20.4 Å². The summed E-state index contributed by atoms with van der Waals surface area (Å²) in [5.41, 5.74) is 0. The highest BCUT2D eigenvalue weighted by molar-refractivity contribution is 7.74. The zero-order valence-electron chi connectivity index (χ0n) is 8.22. The van der Waals surface area contributed by atoms with Gasteiger partial charge in [0.2, 0.25) is 0 Å². The molecule has 1 unspecified atom stereocenters. The molecule has 84 valence electrons. The normalized spacial score (nSPS) is 21.4. The molecule has 1 N–H and O–H groups in total. The molecule has 0 bridgehead atoms. The van der Waals surface area contributed by atoms with E-state index in [1.54, 1.807) is 7.05 Å². The van der Waals surface area contributed by atoms with Gasteiger partial charge in [0.1, 0.15) is 0 Å². The number of nitrogens with zero attached hydrogens (tertiary/aromatic N) is 2. The standard InChI is InChI=1S/C7H16N2O4S/c1-8(13-14(10)11)2-3-9-4-6-12-7-5-9/h2-7H2,1H3,(H,10,11). The van der Waals surface area contributed by atoms with E-state index in [1.807, 2.05) is 0 Å². The van der Waals surface area contributed by atoms with Gasteiger partial charge in [-0.2, -0.15) is 13.6 Å². The third-order valence-corrected chi connectivity index (χ3v) is 2.41. The van der Waals surface area contributed by atoms with Crippen molar-refractivity contribution in [1.82, 2.24) is 9.96 Å². The van der Waals surface area contributed by atoms with Gasteiger partial charge >= 0.3 is 11.4 Å². The van der Waals surface area contributed by atoms with Gasteiger partial charge in [-0.3, -0.25) is 9.45 Å². The molecule has 6 nitrogen and oxygen atoms in total. The van der Waals surface area contributed by atoms with Gasteiger partial charge in [0.25, 0.3) is 0 Å². The molecule has 1 aliphatic rings. The predicted octanol–water partition coefficient (Wildman–Crippen LogP) is -0.681. The van der Waals surface area contributed by atoms with Crippen LogP contribution in [0.2, 0.25) is 0 Å². The van der Waals surface area contributed by atoms with Crippen LogP contribution >= 0.6 is 0 Å². The molecule has 7 heteroatoms. The minimum atomic E-state index is -2.22. The van der Waals surface area contributed by atoms with Crippen LogP contribution in [0, 0.1) is 0 Å². The van der Waals surface area contributed by atoms with E-state index in [4.69, 9.17) is 9.29 Å². The number of ether oxygens (including phenoxy) is 1. The van der Waals surface area contributed by atoms with E-state index < -0.39 is 11.4 Å². The van der Waals surface area contributed by atoms with Crippen LogP contribution in [0.3, 0.4) is 0 Å². The molecular formula is C7H16N2O4S. The predicted molar refractivity (Wildman–Crippen MR) is 51.7 cm³/mol. The first-order chi connectivity index (χ1) is 6.68. The lowest BCUT2D eigenvalue weighted by Gasteiger charge is -2.27. The fourth-order valence-electron chi connectivity index (χ4n) is 1.25. The Morgan fingerprint density at radius 1 is 1.57 bits per heavy atom. The van der Waals surface area contributed by atoms with Crippen molar-refractivity contribution in [1.29, 1.82) is 0 Å². The second-order valence-corrected chi connectivity index (χ2v) is 3.68. The summed E-state index contributed by atoms with van der Waals surface area (Å²) in [6.07, 6.45) is 0. The monoisotopic (exact) mass is 224 g/mol. The molecule has 1 fully saturated rings. The van der Waals surface area contributed by atoms with Crippen LogP contribution in [0.15, 0.2) is 0 Å². The van der Waals surface area contributed by atoms with E-state index in [0.717, 1.165) is 32.8 Å². The van der Waals surface area contributed by atoms with Crippen molar-refractivity contribution < 1.29 is 17.8 Å². The Morgan fingerprint density at radius 3 is 2.79 bits per heavy atom. The Kier molecular flexibility index (Phi) is 5.53. The molecule has 0 spiro atoms. The summed E-state index contributed by atoms with van der Waals surface area (Å²) in [6, 6.07) is 0. The molecule has 0 amide bonds. The Morgan fingerprint density at radius 2 is 2.21 bits per heavy atom. The molecule has 1 saturated heterocycles. The summed E-state index contributed by atoms with van der Waals surface area (Å²) in [6.45, 7) is 4.77. The Hall–Kier alpha value is -0.0500. The first-order valence-electron chi connectivity index (χ1n) is 4.49. The van der Waals surface area contributed by atoms with Gasteiger partial charge in [0.05, 0.1) is 13.2 Å². The smallest absolute Gasteiger partial charge is 0.319 e. The molecule has 1 rings (SSSR count). The third-order valence-electron chi connectivity index (χ3n) is 2.03. The van der Waals surface area contributed by atoms with E-state index in [0.29, 0.717) is 6.54 Å². The Bertz CT molecular complexity index is 187. The van der Waals surface area contributed by atoms with Crippen molar-refractivity contribution in [2.45, 2.75) is 0 Å². The molecule has 1 aliphatic heterocycles. The second kappa shape index (κ2) is 6.44. The number of rotatable bonds is 5. The first-order valence-corrected chi connectivity index (χ1v) is 5.52. The fraction of sp³-hybridized carbons (Fsp3) is 1.00. The van der Waals surface area contributed by atoms with Crippen LogP contribution < -0.4 is 0 Å². The van der Waals surface area contributed by atoms with Crippen molar-refractivity contribution in [3.63, 3.8) is 0 Å². The zero-order valence-corrected chi connectivity index (χ0v) is 9.03. The quantitative estimate of drug-likeness (QED) is 0.493. The minimum Gasteiger partial charge on any atom is -0.379 e. The highest BCUT2D eigenvalue weighted by Crippen LogP contribution is 1.97. The number of morpholine rings is 1. The van der Waals surface area contributed by atoms with Crippen molar-refractivity contribution >= 4 is 11.4 Å². The summed E-state index contributed by atoms with van der Waals surface area (Å²) in [5, 5.41) is 1.37. The van der Waals surface area contributed by atoms with Gasteiger partial charge in [0, 0.05) is 33.2 Å². The van der Waals surface area contributed by atoms with Gasteiger partial charge in [0.15, 0.2) is 0 Å². The van der Waals surface area contributed by atoms with E-state index in [9.17, 15) is 4.21 Å². The lowest BCUT2D eigenvalue weighted by molar-refractivity contribution is -0.0405. The van der Waals surface area contributed by atoms with Crippen LogP contribution in [0.4, 0.5) is 0 Å². The van der Waals surface area contributed by atoms with Crippen molar-refractivity contribution in [3.05, 3.63) is 0 Å². The maximum Gasteiger partial charge on any atom is 0.319 e. The molecule has 0 saturated carbocycles. The van der Waals surface area contributed by atoms with Crippen LogP contribution in [-0.4, -0.2) is 65.2 Å². The van der Waals surface area contributed by atoms with Gasteiger partial charge in [-0.15, -0.1) is 0 Å². The van der Waals surface area contributed by atoms with Crippen molar-refractivity contribution in [2.75, 3.05) is 46.4 Å². The van der Waals surface area contributed by atoms with E-state index in [1.165, 1.54) is 5.06 Å². The molecule has 0 aliphatic carbocycles. The molecule has 1 heterocycles. The molecule has 14 heavy (non-hydrogen) atoms. The van der Waals surface area contributed by atoms with Gasteiger partial charge in [-0.1, -0.05) is 0 Å². The zero-order chi connectivity index (χ0) is 10.4. The summed E-state index contributed by atoms with van der Waals surface area (Å²) in [5.74, 6) is 0. The van der Waals surface area contributed by atoms with E-state index in [-0.39, 0.29) is 0 Å². The molecule has 0 aromatic heterocycles. The SMILES string of the molecule is CN(CCN1CCOCC1)OS(=O)O. The Labute approximate surface area is 86.2 Å². The Balaban J connectivity index is 2.09. The number of hydroxylamine groups is 2. The topological polar surface area (TPSA) is 62.2 Å². The highest BCUT2D eigenvalue weighted by atomic mass is 32.2. The minimum absolute atomic E-state index is 0.603. The number of hydrogen-bond acceptors (Lipinski definition) is 5. The van der Waals surface area contributed by atoms with Crippen molar-refractivity contribution in [3.8, 4) is 0 Å². The summed E-state index contributed by atoms with van der Waals surface area (Å²) >= 11 is -2.22. The molecular weight excluding hydrogens is 208 g/mol. The molecule has 0 aromatic carbocycles. The van der Waals surface area contributed by atoms with Crippen LogP contribution in [0.1, 0.15) is 0 Å². The van der Waals surface area contributed by atoms with E-state index >= 15 is 0 Å².